The van der Waals surface area contributed by atoms with E-state index in [-0.39, 0.29) is 12.4 Å². The molecule has 1 aliphatic heterocycles. The van der Waals surface area contributed by atoms with Crippen LogP contribution in [0, 0.1) is 0 Å². The predicted octanol–water partition coefficient (Wildman–Crippen LogP) is 4.13. The standard InChI is InChI=1S/C22H22N4O3S/c1-3-29-20(28)18-14(2)23-21-24-22(30-13-15-7-5-4-6-8-15)25-26(21)19(18)16-9-11-17(27)12-10-16/h4-12,19,27H,3,13H2,1-2H3,(H,23,24,25). The molecule has 30 heavy (non-hydrogen) atoms. The average molecular weight is 423 g/mol. The summed E-state index contributed by atoms with van der Waals surface area (Å²) in [5.41, 5.74) is 3.13. The molecule has 4 rings (SSSR count). The van der Waals surface area contributed by atoms with Crippen LogP contribution in [0.15, 0.2) is 71.0 Å². The van der Waals surface area contributed by atoms with Gasteiger partial charge in [0.25, 0.3) is 0 Å². The van der Waals surface area contributed by atoms with Gasteiger partial charge in [-0.3, -0.25) is 0 Å². The lowest BCUT2D eigenvalue weighted by Crippen LogP contribution is -2.29. The van der Waals surface area contributed by atoms with Gasteiger partial charge in [-0.05, 0) is 37.1 Å². The number of allylic oxidation sites excluding steroid dienone is 1. The molecule has 3 aromatic rings. The van der Waals surface area contributed by atoms with Crippen LogP contribution in [0.5, 0.6) is 5.75 Å². The van der Waals surface area contributed by atoms with Gasteiger partial charge in [-0.2, -0.15) is 4.98 Å². The second kappa shape index (κ2) is 8.62. The maximum Gasteiger partial charge on any atom is 0.338 e. The number of phenols is 1. The Kier molecular flexibility index (Phi) is 5.76. The fourth-order valence-electron chi connectivity index (χ4n) is 3.35. The Morgan fingerprint density at radius 2 is 1.93 bits per heavy atom. The number of aromatic nitrogens is 3. The quantitative estimate of drug-likeness (QED) is 0.456. The van der Waals surface area contributed by atoms with Crippen molar-refractivity contribution in [2.45, 2.75) is 30.8 Å². The van der Waals surface area contributed by atoms with Crippen molar-refractivity contribution in [3.8, 4) is 5.75 Å². The van der Waals surface area contributed by atoms with Crippen molar-refractivity contribution in [3.63, 3.8) is 0 Å². The molecule has 0 saturated carbocycles. The zero-order valence-electron chi connectivity index (χ0n) is 16.7. The number of carbonyl (C=O) groups is 1. The van der Waals surface area contributed by atoms with E-state index in [0.29, 0.717) is 22.4 Å². The summed E-state index contributed by atoms with van der Waals surface area (Å²) in [5, 5.41) is 18.2. The third-order valence-corrected chi connectivity index (χ3v) is 5.66. The van der Waals surface area contributed by atoms with E-state index in [1.165, 1.54) is 17.3 Å². The van der Waals surface area contributed by atoms with Gasteiger partial charge in [0, 0.05) is 11.4 Å². The molecule has 0 spiro atoms. The Hall–Kier alpha value is -3.26. The number of fused-ring (bicyclic) bond motifs is 1. The van der Waals surface area contributed by atoms with E-state index < -0.39 is 12.0 Å². The maximum absolute atomic E-state index is 12.8. The summed E-state index contributed by atoms with van der Waals surface area (Å²) < 4.78 is 7.01. The van der Waals surface area contributed by atoms with E-state index in [1.54, 1.807) is 35.9 Å². The Labute approximate surface area is 178 Å². The summed E-state index contributed by atoms with van der Waals surface area (Å²) in [6, 6.07) is 16.4. The molecule has 0 fully saturated rings. The van der Waals surface area contributed by atoms with Gasteiger partial charge in [-0.1, -0.05) is 54.2 Å². The van der Waals surface area contributed by atoms with E-state index in [1.807, 2.05) is 25.1 Å². The normalized spacial score (nSPS) is 15.5. The zero-order valence-corrected chi connectivity index (χ0v) is 17.5. The van der Waals surface area contributed by atoms with E-state index in [9.17, 15) is 9.90 Å². The first-order valence-corrected chi connectivity index (χ1v) is 10.6. The van der Waals surface area contributed by atoms with Crippen molar-refractivity contribution >= 4 is 23.7 Å². The molecule has 2 aromatic carbocycles. The van der Waals surface area contributed by atoms with Crippen molar-refractivity contribution in [1.29, 1.82) is 0 Å². The number of anilines is 1. The Morgan fingerprint density at radius 3 is 2.63 bits per heavy atom. The van der Waals surface area contributed by atoms with Crippen molar-refractivity contribution < 1.29 is 14.6 Å². The van der Waals surface area contributed by atoms with Crippen LogP contribution in [0.2, 0.25) is 0 Å². The van der Waals surface area contributed by atoms with Gasteiger partial charge in [0.05, 0.1) is 12.2 Å². The number of thioether (sulfide) groups is 1. The summed E-state index contributed by atoms with van der Waals surface area (Å²) in [5.74, 6) is 1.06. The van der Waals surface area contributed by atoms with Gasteiger partial charge in [0.15, 0.2) is 0 Å². The van der Waals surface area contributed by atoms with Crippen LogP contribution >= 0.6 is 11.8 Å². The minimum atomic E-state index is -0.500. The molecule has 8 heteroatoms. The number of nitrogens with one attached hydrogen (secondary N) is 1. The van der Waals surface area contributed by atoms with Gasteiger partial charge in [-0.15, -0.1) is 5.10 Å². The molecule has 1 atom stereocenters. The first-order chi connectivity index (χ1) is 14.6. The number of ether oxygens (including phenoxy) is 1. The van der Waals surface area contributed by atoms with Crippen molar-refractivity contribution in [2.75, 3.05) is 11.9 Å². The van der Waals surface area contributed by atoms with Crippen molar-refractivity contribution in [2.24, 2.45) is 0 Å². The number of hydrogen-bond donors (Lipinski definition) is 2. The number of esters is 1. The van der Waals surface area contributed by atoms with Crippen LogP contribution in [0.4, 0.5) is 5.95 Å². The molecule has 2 heterocycles. The smallest absolute Gasteiger partial charge is 0.338 e. The van der Waals surface area contributed by atoms with Crippen LogP contribution in [0.3, 0.4) is 0 Å². The molecule has 0 bridgehead atoms. The molecular formula is C22H22N4O3S. The topological polar surface area (TPSA) is 89.3 Å². The lowest BCUT2D eigenvalue weighted by atomic mass is 9.96. The lowest BCUT2D eigenvalue weighted by molar-refractivity contribution is -0.139. The molecule has 1 aromatic heterocycles. The van der Waals surface area contributed by atoms with Crippen LogP contribution in [0.25, 0.3) is 0 Å². The molecule has 1 aliphatic rings. The van der Waals surface area contributed by atoms with E-state index in [4.69, 9.17) is 4.74 Å². The summed E-state index contributed by atoms with van der Waals surface area (Å²) in [7, 11) is 0. The maximum atomic E-state index is 12.8. The van der Waals surface area contributed by atoms with Gasteiger partial charge in [0.2, 0.25) is 11.1 Å². The minimum absolute atomic E-state index is 0.156. The van der Waals surface area contributed by atoms with E-state index >= 15 is 0 Å². The van der Waals surface area contributed by atoms with E-state index in [2.05, 4.69) is 27.5 Å². The number of nitrogens with zero attached hydrogens (tertiary/aromatic N) is 3. The minimum Gasteiger partial charge on any atom is -0.508 e. The fraction of sp³-hybridized carbons (Fsp3) is 0.227. The second-order valence-corrected chi connectivity index (χ2v) is 7.76. The number of rotatable bonds is 6. The number of hydrogen-bond acceptors (Lipinski definition) is 7. The molecular weight excluding hydrogens is 400 g/mol. The van der Waals surface area contributed by atoms with Crippen molar-refractivity contribution in [3.05, 3.63) is 77.0 Å². The highest BCUT2D eigenvalue weighted by Gasteiger charge is 2.35. The predicted molar refractivity (Wildman–Crippen MR) is 115 cm³/mol. The summed E-state index contributed by atoms with van der Waals surface area (Å²) >= 11 is 1.53. The van der Waals surface area contributed by atoms with Gasteiger partial charge < -0.3 is 15.2 Å². The van der Waals surface area contributed by atoms with Crippen LogP contribution < -0.4 is 5.32 Å². The first kappa shape index (κ1) is 20.0. The fourth-order valence-corrected chi connectivity index (χ4v) is 4.14. The zero-order chi connectivity index (χ0) is 21.1. The van der Waals surface area contributed by atoms with E-state index in [0.717, 1.165) is 11.3 Å². The highest BCUT2D eigenvalue weighted by Crippen LogP contribution is 2.37. The highest BCUT2D eigenvalue weighted by molar-refractivity contribution is 7.98. The Bertz CT molecular complexity index is 1080. The number of aromatic hydroxyl groups is 1. The average Bonchev–Trinajstić information content (AvgIpc) is 3.15. The molecule has 0 aliphatic carbocycles. The van der Waals surface area contributed by atoms with Gasteiger partial charge >= 0.3 is 5.97 Å². The molecule has 154 valence electrons. The number of carbonyl (C=O) groups excluding carboxylic acids is 1. The first-order valence-electron chi connectivity index (χ1n) is 9.64. The van der Waals surface area contributed by atoms with Crippen LogP contribution in [-0.2, 0) is 15.3 Å². The molecule has 7 nitrogen and oxygen atoms in total. The SMILES string of the molecule is CCOC(=O)C1=C(C)Nc2nc(SCc3ccccc3)nn2C1c1ccc(O)cc1. The Morgan fingerprint density at radius 1 is 1.20 bits per heavy atom. The van der Waals surface area contributed by atoms with Crippen LogP contribution in [0.1, 0.15) is 31.0 Å². The lowest BCUT2D eigenvalue weighted by Gasteiger charge is -2.28. The van der Waals surface area contributed by atoms with Gasteiger partial charge in [0.1, 0.15) is 11.8 Å². The molecule has 0 saturated heterocycles. The molecule has 1 unspecified atom stereocenters. The summed E-state index contributed by atoms with van der Waals surface area (Å²) in [6.07, 6.45) is 0. The number of phenolic OH excluding ortho intramolecular Hbond substituents is 1. The summed E-state index contributed by atoms with van der Waals surface area (Å²) in [6.45, 7) is 3.88. The van der Waals surface area contributed by atoms with Crippen molar-refractivity contribution in [1.82, 2.24) is 14.8 Å². The number of benzene rings is 2. The Balaban J connectivity index is 1.70. The van der Waals surface area contributed by atoms with Gasteiger partial charge in [-0.25, -0.2) is 9.48 Å². The second-order valence-electron chi connectivity index (χ2n) is 6.82. The third-order valence-electron chi connectivity index (χ3n) is 4.75. The summed E-state index contributed by atoms with van der Waals surface area (Å²) in [4.78, 5) is 17.4. The largest absolute Gasteiger partial charge is 0.508 e. The molecule has 0 amide bonds. The molecule has 2 N–H and O–H groups in total. The molecule has 0 radical (unpaired) electrons. The highest BCUT2D eigenvalue weighted by atomic mass is 32.2. The third kappa shape index (κ3) is 4.04. The van der Waals surface area contributed by atoms with Crippen LogP contribution in [-0.4, -0.2) is 32.4 Å². The monoisotopic (exact) mass is 422 g/mol.